The number of esters is 2. The van der Waals surface area contributed by atoms with E-state index in [9.17, 15) is 19.0 Å². The number of ether oxygens (including phenoxy) is 2. The van der Waals surface area contributed by atoms with Crippen molar-refractivity contribution in [1.29, 1.82) is 0 Å². The zero-order chi connectivity index (χ0) is 43.9. The van der Waals surface area contributed by atoms with Gasteiger partial charge in [0.15, 0.2) is 6.10 Å². The van der Waals surface area contributed by atoms with Gasteiger partial charge in [-0.2, -0.15) is 0 Å². The summed E-state index contributed by atoms with van der Waals surface area (Å²) in [5, 5.41) is 0. The molecule has 2 atom stereocenters. The van der Waals surface area contributed by atoms with Crippen LogP contribution in [-0.4, -0.2) is 43.3 Å². The van der Waals surface area contributed by atoms with Crippen molar-refractivity contribution in [3.8, 4) is 0 Å². The van der Waals surface area contributed by atoms with Gasteiger partial charge >= 0.3 is 19.8 Å². The molecule has 0 radical (unpaired) electrons. The molecule has 60 heavy (non-hydrogen) atoms. The fourth-order valence-corrected chi connectivity index (χ4v) is 8.53. The van der Waals surface area contributed by atoms with Crippen LogP contribution in [0.2, 0.25) is 0 Å². The Balaban J connectivity index is 3.83. The van der Waals surface area contributed by atoms with Crippen molar-refractivity contribution in [3.63, 3.8) is 0 Å². The number of carbonyl (C=O) groups is 2. The molecule has 0 aliphatic carbocycles. The Kier molecular flexibility index (Phi) is 46.8. The molecule has 0 rings (SSSR count). The predicted molar refractivity (Wildman–Crippen MR) is 254 cm³/mol. The van der Waals surface area contributed by atoms with E-state index in [1.807, 2.05) is 0 Å². The number of rotatable bonds is 50. The largest absolute Gasteiger partial charge is 0.472 e. The van der Waals surface area contributed by atoms with Crippen LogP contribution in [0.3, 0.4) is 0 Å². The Morgan fingerprint density at radius 2 is 0.650 bits per heavy atom. The first-order valence-electron chi connectivity index (χ1n) is 26.2. The van der Waals surface area contributed by atoms with Gasteiger partial charge in [-0.05, 0) is 12.8 Å². The molecule has 0 heterocycles. The molecule has 0 aliphatic rings. The minimum absolute atomic E-state index is 0.215. The van der Waals surface area contributed by atoms with Crippen molar-refractivity contribution < 1.29 is 37.6 Å². The SMILES string of the molecule is CCCCCCCCCCCCCCCCCCCCCCCC(=O)OC(COC(=O)CCCCCCCCCCCCCCCCCCCCCC)COP(=O)(O)OC. The molecule has 0 aromatic rings. The molecular weight excluding hydrogens is 772 g/mol. The minimum Gasteiger partial charge on any atom is -0.462 e. The van der Waals surface area contributed by atoms with Gasteiger partial charge in [0.05, 0.1) is 6.61 Å². The number of hydrogen-bond donors (Lipinski definition) is 1. The standard InChI is InChI=1S/C51H101O8P/c1-4-6-8-10-12-14-16-18-20-22-24-26-28-30-32-34-36-38-40-42-44-46-51(53)59-49(48-58-60(54,55)56-3)47-57-50(52)45-43-41-39-37-35-33-31-29-27-25-23-21-19-17-15-13-11-9-7-5-2/h49H,4-48H2,1-3H3,(H,54,55). The Morgan fingerprint density at radius 1 is 0.400 bits per heavy atom. The summed E-state index contributed by atoms with van der Waals surface area (Å²) in [6, 6.07) is 0. The minimum atomic E-state index is -4.26. The van der Waals surface area contributed by atoms with Crippen molar-refractivity contribution in [2.24, 2.45) is 0 Å². The molecule has 9 heteroatoms. The Labute approximate surface area is 372 Å². The first-order valence-corrected chi connectivity index (χ1v) is 27.7. The quantitative estimate of drug-likeness (QED) is 0.0366. The first kappa shape index (κ1) is 59.0. The number of hydrogen-bond acceptors (Lipinski definition) is 7. The highest BCUT2D eigenvalue weighted by Gasteiger charge is 2.24. The third-order valence-corrected chi connectivity index (χ3v) is 13.0. The molecule has 0 spiro atoms. The van der Waals surface area contributed by atoms with Crippen LogP contribution in [0.15, 0.2) is 0 Å². The van der Waals surface area contributed by atoms with Crippen LogP contribution in [-0.2, 0) is 32.7 Å². The Hall–Kier alpha value is -0.950. The normalized spacial score (nSPS) is 13.1. The molecule has 0 amide bonds. The lowest BCUT2D eigenvalue weighted by Crippen LogP contribution is -2.29. The number of phosphoric ester groups is 1. The van der Waals surface area contributed by atoms with E-state index in [2.05, 4.69) is 18.4 Å². The zero-order valence-electron chi connectivity index (χ0n) is 40.1. The van der Waals surface area contributed by atoms with E-state index in [0.29, 0.717) is 6.42 Å². The van der Waals surface area contributed by atoms with Gasteiger partial charge in [-0.15, -0.1) is 0 Å². The Bertz CT molecular complexity index is 946. The van der Waals surface area contributed by atoms with Crippen LogP contribution < -0.4 is 0 Å². The molecule has 2 unspecified atom stereocenters. The van der Waals surface area contributed by atoms with E-state index < -0.39 is 19.9 Å². The third kappa shape index (κ3) is 46.6. The number of unbranched alkanes of at least 4 members (excludes halogenated alkanes) is 39. The second-order valence-corrected chi connectivity index (χ2v) is 19.6. The van der Waals surface area contributed by atoms with Crippen LogP contribution in [0, 0.1) is 0 Å². The maximum Gasteiger partial charge on any atom is 0.472 e. The molecule has 0 aliphatic heterocycles. The fraction of sp³-hybridized carbons (Fsp3) is 0.961. The van der Waals surface area contributed by atoms with Crippen molar-refractivity contribution in [3.05, 3.63) is 0 Å². The van der Waals surface area contributed by atoms with Gasteiger partial charge < -0.3 is 14.4 Å². The van der Waals surface area contributed by atoms with Crippen molar-refractivity contribution in [2.75, 3.05) is 20.3 Å². The topological polar surface area (TPSA) is 108 Å². The van der Waals surface area contributed by atoms with E-state index >= 15 is 0 Å². The summed E-state index contributed by atoms with van der Waals surface area (Å²) in [6.07, 6.45) is 53.1. The highest BCUT2D eigenvalue weighted by Crippen LogP contribution is 2.42. The van der Waals surface area contributed by atoms with Gasteiger partial charge in [0.2, 0.25) is 0 Å². The lowest BCUT2D eigenvalue weighted by atomic mass is 10.0. The average Bonchev–Trinajstić information content (AvgIpc) is 3.24. The molecule has 8 nitrogen and oxygen atoms in total. The molecule has 0 bridgehead atoms. The van der Waals surface area contributed by atoms with Crippen molar-refractivity contribution in [2.45, 2.75) is 296 Å². The van der Waals surface area contributed by atoms with Gasteiger partial charge in [0.25, 0.3) is 0 Å². The van der Waals surface area contributed by atoms with Crippen molar-refractivity contribution in [1.82, 2.24) is 0 Å². The lowest BCUT2D eigenvalue weighted by Gasteiger charge is -2.19. The van der Waals surface area contributed by atoms with E-state index in [0.717, 1.165) is 45.6 Å². The third-order valence-electron chi connectivity index (χ3n) is 12.1. The summed E-state index contributed by atoms with van der Waals surface area (Å²) in [7, 11) is -3.19. The Morgan fingerprint density at radius 3 is 0.917 bits per heavy atom. The van der Waals surface area contributed by atoms with Gasteiger partial charge in [-0.3, -0.25) is 18.6 Å². The maximum absolute atomic E-state index is 12.6. The summed E-state index contributed by atoms with van der Waals surface area (Å²) < 4.78 is 32.2. The summed E-state index contributed by atoms with van der Waals surface area (Å²) in [5.74, 6) is -0.779. The van der Waals surface area contributed by atoms with Crippen LogP contribution in [0.25, 0.3) is 0 Å². The van der Waals surface area contributed by atoms with Crippen LogP contribution in [0.1, 0.15) is 290 Å². The number of carbonyl (C=O) groups excluding carboxylic acids is 2. The number of phosphoric acid groups is 1. The van der Waals surface area contributed by atoms with E-state index in [4.69, 9.17) is 14.0 Å². The summed E-state index contributed by atoms with van der Waals surface area (Å²) in [5.41, 5.74) is 0. The second kappa shape index (κ2) is 47.5. The van der Waals surface area contributed by atoms with Crippen LogP contribution in [0.5, 0.6) is 0 Å². The molecule has 0 fully saturated rings. The van der Waals surface area contributed by atoms with Crippen LogP contribution in [0.4, 0.5) is 0 Å². The smallest absolute Gasteiger partial charge is 0.462 e. The summed E-state index contributed by atoms with van der Waals surface area (Å²) in [6.45, 7) is 3.96. The second-order valence-electron chi connectivity index (χ2n) is 18.0. The fourth-order valence-electron chi connectivity index (χ4n) is 8.07. The van der Waals surface area contributed by atoms with E-state index in [1.54, 1.807) is 0 Å². The van der Waals surface area contributed by atoms with Gasteiger partial charge in [-0.25, -0.2) is 4.57 Å². The van der Waals surface area contributed by atoms with E-state index in [1.165, 1.54) is 225 Å². The molecule has 1 N–H and O–H groups in total. The zero-order valence-corrected chi connectivity index (χ0v) is 41.0. The predicted octanol–water partition coefficient (Wildman–Crippen LogP) is 17.0. The molecule has 0 saturated heterocycles. The monoisotopic (exact) mass is 873 g/mol. The highest BCUT2D eigenvalue weighted by molar-refractivity contribution is 7.47. The molecular formula is C51H101O8P. The average molecular weight is 873 g/mol. The molecule has 358 valence electrons. The van der Waals surface area contributed by atoms with E-state index in [-0.39, 0.29) is 25.6 Å². The summed E-state index contributed by atoms with van der Waals surface area (Å²) in [4.78, 5) is 34.7. The molecule has 0 saturated carbocycles. The maximum atomic E-state index is 12.6. The van der Waals surface area contributed by atoms with Gasteiger partial charge in [0, 0.05) is 20.0 Å². The van der Waals surface area contributed by atoms with Crippen LogP contribution >= 0.6 is 7.82 Å². The highest BCUT2D eigenvalue weighted by atomic mass is 31.2. The molecule has 0 aromatic carbocycles. The van der Waals surface area contributed by atoms with Gasteiger partial charge in [0.1, 0.15) is 6.61 Å². The molecule has 0 aromatic heterocycles. The first-order chi connectivity index (χ1) is 29.3. The van der Waals surface area contributed by atoms with Crippen molar-refractivity contribution >= 4 is 19.8 Å². The van der Waals surface area contributed by atoms with Gasteiger partial charge in [-0.1, -0.05) is 264 Å². The lowest BCUT2D eigenvalue weighted by molar-refractivity contribution is -0.161. The summed E-state index contributed by atoms with van der Waals surface area (Å²) >= 11 is 0.